The molecule has 0 aromatic heterocycles. The number of para-hydroxylation sites is 1. The van der Waals surface area contributed by atoms with E-state index < -0.39 is 0 Å². The summed E-state index contributed by atoms with van der Waals surface area (Å²) in [6, 6.07) is 15.1. The van der Waals surface area contributed by atoms with Gasteiger partial charge in [-0.15, -0.1) is 0 Å². The number of aliphatic hydroxyl groups is 1. The maximum atomic E-state index is 12.8. The van der Waals surface area contributed by atoms with E-state index >= 15 is 0 Å². The second-order valence-electron chi connectivity index (χ2n) is 6.07. The van der Waals surface area contributed by atoms with E-state index in [9.17, 15) is 9.90 Å². The summed E-state index contributed by atoms with van der Waals surface area (Å²) in [6.45, 7) is 3.52. The SMILES string of the molecule is CCOCc1ccccc1NC(=O)N1CCc2ccccc2[C@H]1CO. The van der Waals surface area contributed by atoms with Crippen molar-refractivity contribution in [1.82, 2.24) is 4.90 Å². The molecular formula is C20H24N2O3. The number of anilines is 1. The van der Waals surface area contributed by atoms with E-state index in [0.29, 0.717) is 19.8 Å². The van der Waals surface area contributed by atoms with Crippen LogP contribution in [0.5, 0.6) is 0 Å². The average Bonchev–Trinajstić information content (AvgIpc) is 2.66. The van der Waals surface area contributed by atoms with Crippen molar-refractivity contribution in [3.8, 4) is 0 Å². The predicted octanol–water partition coefficient (Wildman–Crippen LogP) is 3.35. The van der Waals surface area contributed by atoms with Crippen molar-refractivity contribution in [3.05, 3.63) is 65.2 Å². The number of hydrogen-bond donors (Lipinski definition) is 2. The fraction of sp³-hybridized carbons (Fsp3) is 0.350. The lowest BCUT2D eigenvalue weighted by Gasteiger charge is -2.36. The van der Waals surface area contributed by atoms with Crippen LogP contribution in [0.25, 0.3) is 0 Å². The van der Waals surface area contributed by atoms with Gasteiger partial charge in [-0.05, 0) is 30.5 Å². The Balaban J connectivity index is 1.78. The van der Waals surface area contributed by atoms with Crippen LogP contribution in [0.15, 0.2) is 48.5 Å². The molecule has 0 fully saturated rings. The highest BCUT2D eigenvalue weighted by Gasteiger charge is 2.30. The third kappa shape index (κ3) is 3.83. The molecule has 0 bridgehead atoms. The van der Waals surface area contributed by atoms with Gasteiger partial charge in [0.25, 0.3) is 0 Å². The molecule has 0 radical (unpaired) electrons. The molecule has 0 unspecified atom stereocenters. The van der Waals surface area contributed by atoms with Gasteiger partial charge < -0.3 is 20.1 Å². The first kappa shape index (κ1) is 17.5. The largest absolute Gasteiger partial charge is 0.394 e. The van der Waals surface area contributed by atoms with Crippen LogP contribution in [0, 0.1) is 0 Å². The quantitative estimate of drug-likeness (QED) is 0.877. The minimum absolute atomic E-state index is 0.0922. The van der Waals surface area contributed by atoms with Gasteiger partial charge in [0.15, 0.2) is 0 Å². The number of carbonyl (C=O) groups excluding carboxylic acids is 1. The van der Waals surface area contributed by atoms with Crippen LogP contribution in [-0.2, 0) is 17.8 Å². The monoisotopic (exact) mass is 340 g/mol. The minimum atomic E-state index is -0.316. The number of rotatable bonds is 5. The van der Waals surface area contributed by atoms with Gasteiger partial charge in [0.05, 0.1) is 19.3 Å². The van der Waals surface area contributed by atoms with Gasteiger partial charge in [0.1, 0.15) is 0 Å². The topological polar surface area (TPSA) is 61.8 Å². The van der Waals surface area contributed by atoms with Crippen LogP contribution in [0.2, 0.25) is 0 Å². The van der Waals surface area contributed by atoms with Gasteiger partial charge in [0, 0.05) is 24.4 Å². The van der Waals surface area contributed by atoms with E-state index in [0.717, 1.165) is 23.2 Å². The second kappa shape index (κ2) is 8.14. The average molecular weight is 340 g/mol. The van der Waals surface area contributed by atoms with E-state index in [1.807, 2.05) is 49.4 Å². The van der Waals surface area contributed by atoms with Crippen molar-refractivity contribution in [2.45, 2.75) is 26.0 Å². The summed E-state index contributed by atoms with van der Waals surface area (Å²) in [5.41, 5.74) is 3.91. The maximum absolute atomic E-state index is 12.8. The summed E-state index contributed by atoms with van der Waals surface area (Å²) in [7, 11) is 0. The van der Waals surface area contributed by atoms with Gasteiger partial charge in [-0.1, -0.05) is 42.5 Å². The highest BCUT2D eigenvalue weighted by atomic mass is 16.5. The van der Waals surface area contributed by atoms with Crippen molar-refractivity contribution in [2.24, 2.45) is 0 Å². The molecule has 5 heteroatoms. The Morgan fingerprint density at radius 2 is 2.00 bits per heavy atom. The number of fused-ring (bicyclic) bond motifs is 1. The number of carbonyl (C=O) groups is 1. The molecule has 2 amide bonds. The zero-order valence-corrected chi connectivity index (χ0v) is 14.4. The van der Waals surface area contributed by atoms with Gasteiger partial charge >= 0.3 is 6.03 Å². The molecule has 1 aliphatic heterocycles. The van der Waals surface area contributed by atoms with Crippen LogP contribution in [0.4, 0.5) is 10.5 Å². The van der Waals surface area contributed by atoms with Crippen molar-refractivity contribution < 1.29 is 14.6 Å². The number of ether oxygens (including phenoxy) is 1. The number of amides is 2. The smallest absolute Gasteiger partial charge is 0.322 e. The van der Waals surface area contributed by atoms with Crippen LogP contribution in [0.1, 0.15) is 29.7 Å². The van der Waals surface area contributed by atoms with E-state index in [-0.39, 0.29) is 18.7 Å². The van der Waals surface area contributed by atoms with E-state index in [1.54, 1.807) is 4.90 Å². The van der Waals surface area contributed by atoms with Gasteiger partial charge in [0.2, 0.25) is 0 Å². The van der Waals surface area contributed by atoms with E-state index in [4.69, 9.17) is 4.74 Å². The molecule has 25 heavy (non-hydrogen) atoms. The van der Waals surface area contributed by atoms with Crippen molar-refractivity contribution in [3.63, 3.8) is 0 Å². The molecule has 2 aromatic rings. The van der Waals surface area contributed by atoms with Gasteiger partial charge in [-0.3, -0.25) is 0 Å². The molecular weight excluding hydrogens is 316 g/mol. The third-order valence-electron chi connectivity index (χ3n) is 4.57. The molecule has 3 rings (SSSR count). The standard InChI is InChI=1S/C20H24N2O3/c1-2-25-14-16-8-4-6-10-18(16)21-20(24)22-12-11-15-7-3-5-9-17(15)19(22)13-23/h3-10,19,23H,2,11-14H2,1H3,(H,21,24)/t19-/m1/s1. The molecule has 1 heterocycles. The minimum Gasteiger partial charge on any atom is -0.394 e. The summed E-state index contributed by atoms with van der Waals surface area (Å²) in [5.74, 6) is 0. The molecule has 132 valence electrons. The molecule has 0 aliphatic carbocycles. The molecule has 2 aromatic carbocycles. The summed E-state index contributed by atoms with van der Waals surface area (Å²) in [5, 5.41) is 12.8. The predicted molar refractivity (Wildman–Crippen MR) is 97.5 cm³/mol. The van der Waals surface area contributed by atoms with Crippen LogP contribution >= 0.6 is 0 Å². The van der Waals surface area contributed by atoms with Gasteiger partial charge in [-0.2, -0.15) is 0 Å². The Morgan fingerprint density at radius 3 is 2.80 bits per heavy atom. The van der Waals surface area contributed by atoms with E-state index in [2.05, 4.69) is 11.4 Å². The first-order chi connectivity index (χ1) is 12.2. The highest BCUT2D eigenvalue weighted by molar-refractivity contribution is 5.90. The number of aliphatic hydroxyl groups excluding tert-OH is 1. The lowest BCUT2D eigenvalue weighted by molar-refractivity contribution is 0.133. The summed E-state index contributed by atoms with van der Waals surface area (Å²) in [4.78, 5) is 14.5. The first-order valence-corrected chi connectivity index (χ1v) is 8.66. The number of benzene rings is 2. The fourth-order valence-corrected chi connectivity index (χ4v) is 3.26. The Hall–Kier alpha value is -2.37. The Bertz CT molecular complexity index is 732. The maximum Gasteiger partial charge on any atom is 0.322 e. The molecule has 0 saturated carbocycles. The van der Waals surface area contributed by atoms with Crippen LogP contribution < -0.4 is 5.32 Å². The molecule has 5 nitrogen and oxygen atoms in total. The van der Waals surface area contributed by atoms with Crippen molar-refractivity contribution >= 4 is 11.7 Å². The van der Waals surface area contributed by atoms with Gasteiger partial charge in [-0.25, -0.2) is 4.79 Å². The molecule has 2 N–H and O–H groups in total. The molecule has 0 saturated heterocycles. The van der Waals surface area contributed by atoms with Crippen LogP contribution in [0.3, 0.4) is 0 Å². The lowest BCUT2D eigenvalue weighted by atomic mass is 9.93. The lowest BCUT2D eigenvalue weighted by Crippen LogP contribution is -2.44. The number of hydrogen-bond acceptors (Lipinski definition) is 3. The summed E-state index contributed by atoms with van der Waals surface area (Å²) >= 11 is 0. The second-order valence-corrected chi connectivity index (χ2v) is 6.07. The molecule has 1 aliphatic rings. The number of urea groups is 1. The van der Waals surface area contributed by atoms with Crippen LogP contribution in [-0.4, -0.2) is 35.8 Å². The first-order valence-electron chi connectivity index (χ1n) is 8.66. The zero-order chi connectivity index (χ0) is 17.6. The summed E-state index contributed by atoms with van der Waals surface area (Å²) < 4.78 is 5.47. The highest BCUT2D eigenvalue weighted by Crippen LogP contribution is 2.30. The fourth-order valence-electron chi connectivity index (χ4n) is 3.26. The Kier molecular flexibility index (Phi) is 5.68. The van der Waals surface area contributed by atoms with Crippen molar-refractivity contribution in [1.29, 1.82) is 0 Å². The Labute approximate surface area is 148 Å². The van der Waals surface area contributed by atoms with E-state index in [1.165, 1.54) is 5.56 Å². The normalized spacial score (nSPS) is 16.4. The molecule has 1 atom stereocenters. The zero-order valence-electron chi connectivity index (χ0n) is 14.4. The summed E-state index contributed by atoms with van der Waals surface area (Å²) in [6.07, 6.45) is 0.792. The third-order valence-corrected chi connectivity index (χ3v) is 4.57. The number of nitrogens with zero attached hydrogens (tertiary/aromatic N) is 1. The Morgan fingerprint density at radius 1 is 1.24 bits per heavy atom. The van der Waals surface area contributed by atoms with Crippen molar-refractivity contribution in [2.75, 3.05) is 25.1 Å². The number of nitrogens with one attached hydrogen (secondary N) is 1. The molecule has 0 spiro atoms.